The van der Waals surface area contributed by atoms with Crippen LogP contribution in [0.1, 0.15) is 11.1 Å². The third-order valence-electron chi connectivity index (χ3n) is 6.05. The molecule has 4 aromatic rings. The Morgan fingerprint density at radius 2 is 1.82 bits per heavy atom. The highest BCUT2D eigenvalue weighted by molar-refractivity contribution is 5.89. The lowest BCUT2D eigenvalue weighted by molar-refractivity contribution is 0.313. The maximum Gasteiger partial charge on any atom is 0.273 e. The molecule has 0 bridgehead atoms. The number of piperazine rings is 1. The molecule has 0 atom stereocenters. The average molecular weight is 443 g/mol. The predicted molar refractivity (Wildman–Crippen MR) is 124 cm³/mol. The molecule has 1 fully saturated rings. The van der Waals surface area contributed by atoms with Crippen molar-refractivity contribution in [2.75, 3.05) is 38.1 Å². The average Bonchev–Trinajstić information content (AvgIpc) is 3.22. The van der Waals surface area contributed by atoms with Crippen molar-refractivity contribution in [2.24, 2.45) is 0 Å². The van der Waals surface area contributed by atoms with Gasteiger partial charge < -0.3 is 9.80 Å². The van der Waals surface area contributed by atoms with E-state index in [-0.39, 0.29) is 11.3 Å². The van der Waals surface area contributed by atoms with E-state index in [0.29, 0.717) is 22.3 Å². The van der Waals surface area contributed by atoms with Crippen LogP contribution in [0.4, 0.5) is 10.1 Å². The number of aromatic nitrogens is 4. The lowest BCUT2D eigenvalue weighted by atomic mass is 10.1. The van der Waals surface area contributed by atoms with Gasteiger partial charge in [0.1, 0.15) is 16.9 Å². The molecule has 0 aliphatic carbocycles. The van der Waals surface area contributed by atoms with E-state index in [4.69, 9.17) is 5.26 Å². The highest BCUT2D eigenvalue weighted by Gasteiger charge is 2.18. The van der Waals surface area contributed by atoms with Gasteiger partial charge in [-0.25, -0.2) is 4.39 Å². The van der Waals surface area contributed by atoms with Crippen molar-refractivity contribution in [1.82, 2.24) is 24.9 Å². The second kappa shape index (κ2) is 8.15. The zero-order valence-corrected chi connectivity index (χ0v) is 18.3. The molecule has 166 valence electrons. The fourth-order valence-electron chi connectivity index (χ4n) is 4.21. The number of fused-ring (bicyclic) bond motifs is 1. The lowest BCUT2D eigenvalue weighted by Gasteiger charge is -2.34. The summed E-state index contributed by atoms with van der Waals surface area (Å²) in [5.41, 5.74) is 3.67. The number of aryl methyl sites for hydroxylation is 1. The van der Waals surface area contributed by atoms with Gasteiger partial charge in [-0.1, -0.05) is 12.1 Å². The van der Waals surface area contributed by atoms with Crippen LogP contribution in [0.3, 0.4) is 0 Å². The van der Waals surface area contributed by atoms with Crippen molar-refractivity contribution < 1.29 is 4.39 Å². The van der Waals surface area contributed by atoms with E-state index in [1.54, 1.807) is 6.92 Å². The highest BCUT2D eigenvalue weighted by atomic mass is 19.1. The molecule has 33 heavy (non-hydrogen) atoms. The standard InChI is InChI=1S/C24H22FN7O/c1-15-11-16(14-26)12-19(25)24(15)32-21(33)13-20-23(29-32)22(28-27-20)17-3-5-18(6-4-17)31-9-7-30(2)8-10-31/h3-6,11-13,27H,7-10H2,1-2H3. The first kappa shape index (κ1) is 20.8. The van der Waals surface area contributed by atoms with Crippen molar-refractivity contribution in [3.05, 3.63) is 69.8 Å². The topological polar surface area (TPSA) is 93.8 Å². The summed E-state index contributed by atoms with van der Waals surface area (Å²) in [6, 6.07) is 14.0. The van der Waals surface area contributed by atoms with Gasteiger partial charge in [-0.05, 0) is 43.8 Å². The third-order valence-corrected chi connectivity index (χ3v) is 6.05. The van der Waals surface area contributed by atoms with E-state index in [1.165, 1.54) is 12.1 Å². The summed E-state index contributed by atoms with van der Waals surface area (Å²) in [4.78, 5) is 17.3. The zero-order chi connectivity index (χ0) is 23.1. The smallest absolute Gasteiger partial charge is 0.273 e. The molecular weight excluding hydrogens is 421 g/mol. The molecule has 1 saturated heterocycles. The predicted octanol–water partition coefficient (Wildman–Crippen LogP) is 2.85. The van der Waals surface area contributed by atoms with Gasteiger partial charge in [0, 0.05) is 43.5 Å². The summed E-state index contributed by atoms with van der Waals surface area (Å²) in [5, 5.41) is 20.8. The third kappa shape index (κ3) is 3.75. The monoisotopic (exact) mass is 443 g/mol. The summed E-state index contributed by atoms with van der Waals surface area (Å²) in [6.07, 6.45) is 0. The van der Waals surface area contributed by atoms with Crippen LogP contribution in [0.25, 0.3) is 28.0 Å². The van der Waals surface area contributed by atoms with Crippen LogP contribution < -0.4 is 10.5 Å². The fraction of sp³-hybridized carbons (Fsp3) is 0.250. The summed E-state index contributed by atoms with van der Waals surface area (Å²) >= 11 is 0. The zero-order valence-electron chi connectivity index (χ0n) is 18.3. The minimum atomic E-state index is -0.679. The number of likely N-dealkylation sites (N-methyl/N-ethyl adjacent to an activating group) is 1. The molecule has 0 unspecified atom stereocenters. The Morgan fingerprint density at radius 3 is 2.48 bits per heavy atom. The molecule has 1 N–H and O–H groups in total. The van der Waals surface area contributed by atoms with Crippen LogP contribution >= 0.6 is 0 Å². The van der Waals surface area contributed by atoms with E-state index in [2.05, 4.69) is 44.3 Å². The number of H-pyrrole nitrogens is 1. The van der Waals surface area contributed by atoms with Crippen LogP contribution in [0.15, 0.2) is 47.3 Å². The van der Waals surface area contributed by atoms with Gasteiger partial charge in [-0.2, -0.15) is 20.1 Å². The Hall–Kier alpha value is -4.03. The van der Waals surface area contributed by atoms with Crippen molar-refractivity contribution in [2.45, 2.75) is 6.92 Å². The van der Waals surface area contributed by atoms with E-state index < -0.39 is 11.4 Å². The molecule has 8 nitrogen and oxygen atoms in total. The van der Waals surface area contributed by atoms with E-state index in [9.17, 15) is 9.18 Å². The van der Waals surface area contributed by atoms with E-state index in [0.717, 1.165) is 48.2 Å². The largest absolute Gasteiger partial charge is 0.369 e. The first-order valence-electron chi connectivity index (χ1n) is 10.7. The molecule has 0 radical (unpaired) electrons. The number of hydrogen-bond donors (Lipinski definition) is 1. The SMILES string of the molecule is Cc1cc(C#N)cc(F)c1-n1nc2c(-c3ccc(N4CCN(C)CC4)cc3)n[nH]c2cc1=O. The van der Waals surface area contributed by atoms with Crippen molar-refractivity contribution >= 4 is 16.7 Å². The molecule has 0 saturated carbocycles. The Morgan fingerprint density at radius 1 is 1.09 bits per heavy atom. The molecule has 0 spiro atoms. The van der Waals surface area contributed by atoms with Crippen LogP contribution in [0.5, 0.6) is 0 Å². The van der Waals surface area contributed by atoms with Gasteiger partial charge in [0.25, 0.3) is 5.56 Å². The van der Waals surface area contributed by atoms with Crippen molar-refractivity contribution in [3.8, 4) is 23.0 Å². The van der Waals surface area contributed by atoms with Crippen molar-refractivity contribution in [1.29, 1.82) is 5.26 Å². The van der Waals surface area contributed by atoms with Crippen LogP contribution in [-0.4, -0.2) is 58.1 Å². The van der Waals surface area contributed by atoms with Gasteiger partial charge in [-0.3, -0.25) is 9.89 Å². The molecule has 2 aromatic carbocycles. The number of aromatic amines is 1. The first-order valence-corrected chi connectivity index (χ1v) is 10.7. The number of anilines is 1. The maximum absolute atomic E-state index is 14.8. The van der Waals surface area contributed by atoms with Crippen molar-refractivity contribution in [3.63, 3.8) is 0 Å². The molecule has 1 aliphatic heterocycles. The summed E-state index contributed by atoms with van der Waals surface area (Å²) < 4.78 is 15.8. The summed E-state index contributed by atoms with van der Waals surface area (Å²) in [5.74, 6) is -0.679. The maximum atomic E-state index is 14.8. The second-order valence-electron chi connectivity index (χ2n) is 8.30. The molecule has 2 aromatic heterocycles. The summed E-state index contributed by atoms with van der Waals surface area (Å²) in [7, 11) is 2.13. The summed E-state index contributed by atoms with van der Waals surface area (Å²) in [6.45, 7) is 5.65. The lowest BCUT2D eigenvalue weighted by Crippen LogP contribution is -2.44. The number of rotatable bonds is 3. The minimum Gasteiger partial charge on any atom is -0.369 e. The Labute approximate surface area is 189 Å². The number of benzene rings is 2. The molecule has 9 heteroatoms. The van der Waals surface area contributed by atoms with Crippen LogP contribution in [0, 0.1) is 24.1 Å². The minimum absolute atomic E-state index is 0.0264. The van der Waals surface area contributed by atoms with E-state index in [1.807, 2.05) is 18.2 Å². The number of hydrogen-bond acceptors (Lipinski definition) is 6. The number of nitrogens with zero attached hydrogens (tertiary/aromatic N) is 6. The van der Waals surface area contributed by atoms with Gasteiger partial charge in [0.15, 0.2) is 5.82 Å². The van der Waals surface area contributed by atoms with Gasteiger partial charge in [0.05, 0.1) is 17.1 Å². The van der Waals surface area contributed by atoms with E-state index >= 15 is 0 Å². The quantitative estimate of drug-likeness (QED) is 0.523. The Balaban J connectivity index is 1.55. The van der Waals surface area contributed by atoms with Gasteiger partial charge >= 0.3 is 0 Å². The Kier molecular flexibility index (Phi) is 5.15. The highest BCUT2D eigenvalue weighted by Crippen LogP contribution is 2.27. The molecule has 0 amide bonds. The molecule has 5 rings (SSSR count). The first-order chi connectivity index (χ1) is 15.9. The van der Waals surface area contributed by atoms with Gasteiger partial charge in [0.2, 0.25) is 0 Å². The van der Waals surface area contributed by atoms with Gasteiger partial charge in [-0.15, -0.1) is 0 Å². The fourth-order valence-corrected chi connectivity index (χ4v) is 4.21. The number of halogens is 1. The number of nitrogens with one attached hydrogen (secondary N) is 1. The number of nitriles is 1. The molecular formula is C24H22FN7O. The molecule has 1 aliphatic rings. The van der Waals surface area contributed by atoms with Crippen LogP contribution in [-0.2, 0) is 0 Å². The molecule has 3 heterocycles. The Bertz CT molecular complexity index is 1420. The second-order valence-corrected chi connectivity index (χ2v) is 8.30. The van der Waals surface area contributed by atoms with Crippen LogP contribution in [0.2, 0.25) is 0 Å². The normalized spacial score (nSPS) is 14.5.